The maximum atomic E-state index is 6.10. The Labute approximate surface area is 120 Å². The van der Waals surface area contributed by atoms with Crippen LogP contribution in [0.1, 0.15) is 72.6 Å². The maximum Gasteiger partial charge on any atom is 0.0582 e. The standard InChI is InChI=1S/C17H35NO/c1-5-9-18-10-7-6-8-11-19-16-12-15(2)13-17(3,4)14-16/h15-16,18H,5-14H2,1-4H3. The van der Waals surface area contributed by atoms with Gasteiger partial charge in [-0.3, -0.25) is 0 Å². The molecule has 19 heavy (non-hydrogen) atoms. The summed E-state index contributed by atoms with van der Waals surface area (Å²) in [6.07, 6.45) is 9.42. The van der Waals surface area contributed by atoms with Crippen LogP contribution in [0.15, 0.2) is 0 Å². The fourth-order valence-corrected chi connectivity index (χ4v) is 3.47. The molecule has 1 rings (SSSR count). The van der Waals surface area contributed by atoms with E-state index >= 15 is 0 Å². The fraction of sp³-hybridized carbons (Fsp3) is 1.00. The van der Waals surface area contributed by atoms with Crippen LogP contribution in [0.4, 0.5) is 0 Å². The average Bonchev–Trinajstić information content (AvgIpc) is 2.30. The zero-order chi connectivity index (χ0) is 14.1. The molecule has 0 aromatic heterocycles. The summed E-state index contributed by atoms with van der Waals surface area (Å²) in [5.41, 5.74) is 0.479. The first-order valence-electron chi connectivity index (χ1n) is 8.36. The van der Waals surface area contributed by atoms with Crippen LogP contribution < -0.4 is 5.32 Å². The predicted molar refractivity (Wildman–Crippen MR) is 83.5 cm³/mol. The number of unbranched alkanes of at least 4 members (excludes halogenated alkanes) is 2. The van der Waals surface area contributed by atoms with E-state index in [0.29, 0.717) is 11.5 Å². The number of nitrogens with one attached hydrogen (secondary N) is 1. The summed E-state index contributed by atoms with van der Waals surface area (Å²) >= 11 is 0. The summed E-state index contributed by atoms with van der Waals surface area (Å²) in [5.74, 6) is 0.826. The highest BCUT2D eigenvalue weighted by Crippen LogP contribution is 2.39. The van der Waals surface area contributed by atoms with Crippen molar-refractivity contribution in [3.05, 3.63) is 0 Å². The minimum atomic E-state index is 0.479. The van der Waals surface area contributed by atoms with Gasteiger partial charge in [0.05, 0.1) is 6.10 Å². The van der Waals surface area contributed by atoms with Gasteiger partial charge in [-0.05, 0) is 69.4 Å². The minimum absolute atomic E-state index is 0.479. The highest BCUT2D eigenvalue weighted by Gasteiger charge is 2.32. The lowest BCUT2D eigenvalue weighted by atomic mass is 9.71. The summed E-state index contributed by atoms with van der Waals surface area (Å²) in [5, 5.41) is 3.45. The predicted octanol–water partition coefficient (Wildman–Crippen LogP) is 4.39. The Balaban J connectivity index is 2.00. The van der Waals surface area contributed by atoms with E-state index in [1.165, 1.54) is 51.5 Å². The molecule has 2 nitrogen and oxygen atoms in total. The average molecular weight is 269 g/mol. The summed E-state index contributed by atoms with van der Waals surface area (Å²) in [7, 11) is 0. The van der Waals surface area contributed by atoms with Crippen molar-refractivity contribution in [2.45, 2.75) is 78.7 Å². The normalized spacial score (nSPS) is 26.5. The number of ether oxygens (including phenoxy) is 1. The Hall–Kier alpha value is -0.0800. The molecule has 0 aliphatic heterocycles. The van der Waals surface area contributed by atoms with Crippen LogP contribution in [0.2, 0.25) is 0 Å². The van der Waals surface area contributed by atoms with Gasteiger partial charge in [-0.2, -0.15) is 0 Å². The Kier molecular flexibility index (Phi) is 8.01. The summed E-state index contributed by atoms with van der Waals surface area (Å²) in [6.45, 7) is 12.6. The van der Waals surface area contributed by atoms with Crippen molar-refractivity contribution in [1.29, 1.82) is 0 Å². The molecule has 1 fully saturated rings. The first-order chi connectivity index (χ1) is 9.03. The van der Waals surface area contributed by atoms with Gasteiger partial charge in [0, 0.05) is 6.61 Å². The molecule has 0 aromatic rings. The lowest BCUT2D eigenvalue weighted by Gasteiger charge is -2.38. The smallest absolute Gasteiger partial charge is 0.0582 e. The number of rotatable bonds is 9. The van der Waals surface area contributed by atoms with Crippen LogP contribution in [-0.4, -0.2) is 25.8 Å². The van der Waals surface area contributed by atoms with Gasteiger partial charge in [0.1, 0.15) is 0 Å². The van der Waals surface area contributed by atoms with Crippen LogP contribution >= 0.6 is 0 Å². The molecule has 0 radical (unpaired) electrons. The summed E-state index contributed by atoms with van der Waals surface area (Å²) in [6, 6.07) is 0. The van der Waals surface area contributed by atoms with Crippen molar-refractivity contribution in [3.63, 3.8) is 0 Å². The van der Waals surface area contributed by atoms with Crippen molar-refractivity contribution in [2.75, 3.05) is 19.7 Å². The zero-order valence-corrected chi connectivity index (χ0v) is 13.6. The van der Waals surface area contributed by atoms with E-state index in [0.717, 1.165) is 19.1 Å². The molecule has 2 heteroatoms. The van der Waals surface area contributed by atoms with Crippen molar-refractivity contribution in [3.8, 4) is 0 Å². The Morgan fingerprint density at radius 3 is 2.58 bits per heavy atom. The topological polar surface area (TPSA) is 21.3 Å². The molecule has 114 valence electrons. The molecule has 1 N–H and O–H groups in total. The van der Waals surface area contributed by atoms with Crippen molar-refractivity contribution < 1.29 is 4.74 Å². The van der Waals surface area contributed by atoms with Gasteiger partial charge in [0.15, 0.2) is 0 Å². The molecule has 0 aromatic carbocycles. The van der Waals surface area contributed by atoms with Gasteiger partial charge in [-0.25, -0.2) is 0 Å². The van der Waals surface area contributed by atoms with Crippen molar-refractivity contribution in [2.24, 2.45) is 11.3 Å². The first kappa shape index (κ1) is 17.0. The summed E-state index contributed by atoms with van der Waals surface area (Å²) in [4.78, 5) is 0. The molecular formula is C17H35NO. The van der Waals surface area contributed by atoms with E-state index in [1.54, 1.807) is 0 Å². The van der Waals surface area contributed by atoms with E-state index in [2.05, 4.69) is 33.0 Å². The molecule has 0 amide bonds. The van der Waals surface area contributed by atoms with E-state index in [1.807, 2.05) is 0 Å². The Morgan fingerprint density at radius 2 is 1.89 bits per heavy atom. The fourth-order valence-electron chi connectivity index (χ4n) is 3.47. The van der Waals surface area contributed by atoms with Crippen molar-refractivity contribution >= 4 is 0 Å². The number of hydrogen-bond donors (Lipinski definition) is 1. The third-order valence-corrected chi connectivity index (χ3v) is 4.12. The van der Waals surface area contributed by atoms with Crippen LogP contribution in [0.25, 0.3) is 0 Å². The molecule has 2 unspecified atom stereocenters. The maximum absolute atomic E-state index is 6.10. The Bertz CT molecular complexity index is 227. The van der Waals surface area contributed by atoms with Gasteiger partial charge in [0.2, 0.25) is 0 Å². The SMILES string of the molecule is CCCNCCCCCOC1CC(C)CC(C)(C)C1. The molecule has 0 saturated heterocycles. The first-order valence-corrected chi connectivity index (χ1v) is 8.36. The molecule has 0 heterocycles. The van der Waals surface area contributed by atoms with Crippen LogP contribution in [0, 0.1) is 11.3 Å². The van der Waals surface area contributed by atoms with Gasteiger partial charge in [0.25, 0.3) is 0 Å². The monoisotopic (exact) mass is 269 g/mol. The third kappa shape index (κ3) is 7.94. The number of hydrogen-bond acceptors (Lipinski definition) is 2. The van der Waals surface area contributed by atoms with Gasteiger partial charge < -0.3 is 10.1 Å². The van der Waals surface area contributed by atoms with E-state index in [4.69, 9.17) is 4.74 Å². The highest BCUT2D eigenvalue weighted by molar-refractivity contribution is 4.83. The second-order valence-electron chi connectivity index (χ2n) is 7.22. The quantitative estimate of drug-likeness (QED) is 0.627. The Morgan fingerprint density at radius 1 is 1.11 bits per heavy atom. The minimum Gasteiger partial charge on any atom is -0.378 e. The van der Waals surface area contributed by atoms with Crippen LogP contribution in [-0.2, 0) is 4.74 Å². The molecular weight excluding hydrogens is 234 g/mol. The molecule has 2 atom stereocenters. The molecule has 0 bridgehead atoms. The van der Waals surface area contributed by atoms with Gasteiger partial charge in [-0.1, -0.05) is 27.7 Å². The molecule has 0 spiro atoms. The lowest BCUT2D eigenvalue weighted by molar-refractivity contribution is -0.0240. The second-order valence-corrected chi connectivity index (χ2v) is 7.22. The van der Waals surface area contributed by atoms with E-state index in [9.17, 15) is 0 Å². The van der Waals surface area contributed by atoms with Gasteiger partial charge in [-0.15, -0.1) is 0 Å². The molecule has 1 aliphatic rings. The molecule has 1 aliphatic carbocycles. The van der Waals surface area contributed by atoms with Crippen LogP contribution in [0.5, 0.6) is 0 Å². The largest absolute Gasteiger partial charge is 0.378 e. The van der Waals surface area contributed by atoms with Gasteiger partial charge >= 0.3 is 0 Å². The molecule has 1 saturated carbocycles. The highest BCUT2D eigenvalue weighted by atomic mass is 16.5. The van der Waals surface area contributed by atoms with Crippen LogP contribution in [0.3, 0.4) is 0 Å². The van der Waals surface area contributed by atoms with Crippen molar-refractivity contribution in [1.82, 2.24) is 5.32 Å². The third-order valence-electron chi connectivity index (χ3n) is 4.12. The van der Waals surface area contributed by atoms with E-state index < -0.39 is 0 Å². The summed E-state index contributed by atoms with van der Waals surface area (Å²) < 4.78 is 6.10. The lowest BCUT2D eigenvalue weighted by Crippen LogP contribution is -2.32. The second kappa shape index (κ2) is 8.97. The van der Waals surface area contributed by atoms with E-state index in [-0.39, 0.29) is 0 Å². The zero-order valence-electron chi connectivity index (χ0n) is 13.6.